The average molecular weight is 237 g/mol. The Morgan fingerprint density at radius 1 is 1.38 bits per heavy atom. The molecule has 0 amide bonds. The summed E-state index contributed by atoms with van der Waals surface area (Å²) in [5, 5.41) is 3.35. The van der Waals surface area contributed by atoms with Crippen molar-refractivity contribution in [2.45, 2.75) is 23.8 Å². The van der Waals surface area contributed by atoms with Crippen molar-refractivity contribution in [3.63, 3.8) is 0 Å². The van der Waals surface area contributed by atoms with Crippen LogP contribution in [-0.4, -0.2) is 30.2 Å². The van der Waals surface area contributed by atoms with E-state index >= 15 is 0 Å². The van der Waals surface area contributed by atoms with E-state index in [2.05, 4.69) is 10.3 Å². The summed E-state index contributed by atoms with van der Waals surface area (Å²) in [6.45, 7) is 2.07. The van der Waals surface area contributed by atoms with Crippen molar-refractivity contribution in [2.24, 2.45) is 0 Å². The van der Waals surface area contributed by atoms with E-state index in [1.54, 1.807) is 7.11 Å². The Morgan fingerprint density at radius 3 is 3.06 bits per heavy atom. The number of methoxy groups -OCH3 is 1. The van der Waals surface area contributed by atoms with Gasteiger partial charge in [-0.1, -0.05) is 0 Å². The molecule has 0 bridgehead atoms. The van der Waals surface area contributed by atoms with Gasteiger partial charge in [0.05, 0.1) is 12.8 Å². The maximum atomic E-state index is 5.37. The van der Waals surface area contributed by atoms with Gasteiger partial charge in [0, 0.05) is 29.5 Å². The molecule has 1 aromatic rings. The van der Waals surface area contributed by atoms with Gasteiger partial charge in [0.25, 0.3) is 0 Å². The van der Waals surface area contributed by atoms with Gasteiger partial charge in [-0.25, -0.2) is 4.98 Å². The fraction of sp³-hybridized carbons (Fsp3) is 0.636. The standard InChI is InChI=1S/C11H15N3OS/c1-15-11-8-5-16-6-9(8)13-10(14-11)7-2-3-12-4-7/h7,12H,2-6H2,1H3. The summed E-state index contributed by atoms with van der Waals surface area (Å²) in [7, 11) is 1.70. The first-order chi connectivity index (χ1) is 7.88. The summed E-state index contributed by atoms with van der Waals surface area (Å²) in [4.78, 5) is 9.25. The molecule has 4 nitrogen and oxygen atoms in total. The molecule has 1 unspecified atom stereocenters. The highest BCUT2D eigenvalue weighted by Gasteiger charge is 2.25. The van der Waals surface area contributed by atoms with Crippen molar-refractivity contribution in [3.05, 3.63) is 17.1 Å². The monoisotopic (exact) mass is 237 g/mol. The second-order valence-corrected chi connectivity index (χ2v) is 5.18. The topological polar surface area (TPSA) is 47.0 Å². The summed E-state index contributed by atoms with van der Waals surface area (Å²) in [6.07, 6.45) is 1.13. The highest BCUT2D eigenvalue weighted by Crippen LogP contribution is 2.35. The van der Waals surface area contributed by atoms with E-state index in [0.717, 1.165) is 42.7 Å². The van der Waals surface area contributed by atoms with Crippen LogP contribution >= 0.6 is 11.8 Å². The molecule has 0 spiro atoms. The minimum Gasteiger partial charge on any atom is -0.481 e. The Bertz CT molecular complexity index is 404. The minimum atomic E-state index is 0.463. The van der Waals surface area contributed by atoms with Crippen molar-refractivity contribution in [3.8, 4) is 5.88 Å². The lowest BCUT2D eigenvalue weighted by Crippen LogP contribution is -2.12. The maximum Gasteiger partial charge on any atom is 0.220 e. The number of ether oxygens (including phenoxy) is 1. The van der Waals surface area contributed by atoms with Gasteiger partial charge in [0.1, 0.15) is 5.82 Å². The van der Waals surface area contributed by atoms with Crippen LogP contribution in [0.2, 0.25) is 0 Å². The number of hydrogen-bond acceptors (Lipinski definition) is 5. The number of thioether (sulfide) groups is 1. The number of hydrogen-bond donors (Lipinski definition) is 1. The SMILES string of the molecule is COc1nc(C2CCNC2)nc2c1CSC2. The van der Waals surface area contributed by atoms with Crippen LogP contribution in [0.5, 0.6) is 5.88 Å². The first-order valence-electron chi connectivity index (χ1n) is 5.60. The fourth-order valence-corrected chi connectivity index (χ4v) is 3.29. The first kappa shape index (κ1) is 10.4. The molecule has 5 heteroatoms. The molecule has 3 heterocycles. The highest BCUT2D eigenvalue weighted by molar-refractivity contribution is 7.98. The lowest BCUT2D eigenvalue weighted by atomic mass is 10.1. The zero-order valence-corrected chi connectivity index (χ0v) is 10.1. The minimum absolute atomic E-state index is 0.463. The van der Waals surface area contributed by atoms with Gasteiger partial charge in [0.15, 0.2) is 0 Å². The van der Waals surface area contributed by atoms with E-state index in [4.69, 9.17) is 9.72 Å². The van der Waals surface area contributed by atoms with Crippen molar-refractivity contribution in [1.29, 1.82) is 0 Å². The van der Waals surface area contributed by atoms with Crippen LogP contribution in [-0.2, 0) is 11.5 Å². The van der Waals surface area contributed by atoms with Crippen LogP contribution in [0.3, 0.4) is 0 Å². The van der Waals surface area contributed by atoms with E-state index in [1.165, 1.54) is 11.3 Å². The molecule has 0 saturated carbocycles. The molecule has 1 fully saturated rings. The zero-order chi connectivity index (χ0) is 11.0. The fourth-order valence-electron chi connectivity index (χ4n) is 2.27. The smallest absolute Gasteiger partial charge is 0.220 e. The van der Waals surface area contributed by atoms with Gasteiger partial charge < -0.3 is 10.1 Å². The lowest BCUT2D eigenvalue weighted by Gasteiger charge is -2.11. The van der Waals surface area contributed by atoms with Crippen molar-refractivity contribution >= 4 is 11.8 Å². The molecular weight excluding hydrogens is 222 g/mol. The van der Waals surface area contributed by atoms with Gasteiger partial charge in [-0.2, -0.15) is 16.7 Å². The summed E-state index contributed by atoms with van der Waals surface area (Å²) >= 11 is 1.89. The van der Waals surface area contributed by atoms with Crippen molar-refractivity contribution in [2.75, 3.05) is 20.2 Å². The number of nitrogens with one attached hydrogen (secondary N) is 1. The number of nitrogens with zero attached hydrogens (tertiary/aromatic N) is 2. The molecule has 1 N–H and O–H groups in total. The van der Waals surface area contributed by atoms with E-state index in [0.29, 0.717) is 5.92 Å². The maximum absolute atomic E-state index is 5.37. The Balaban J connectivity index is 2.00. The summed E-state index contributed by atoms with van der Waals surface area (Å²) in [6, 6.07) is 0. The van der Waals surface area contributed by atoms with E-state index in [9.17, 15) is 0 Å². The predicted octanol–water partition coefficient (Wildman–Crippen LogP) is 1.31. The summed E-state index contributed by atoms with van der Waals surface area (Å²) < 4.78 is 5.37. The summed E-state index contributed by atoms with van der Waals surface area (Å²) in [5.74, 6) is 4.20. The molecule has 0 aromatic carbocycles. The highest BCUT2D eigenvalue weighted by atomic mass is 32.2. The van der Waals surface area contributed by atoms with Crippen LogP contribution < -0.4 is 10.1 Å². The second kappa shape index (κ2) is 4.22. The molecule has 0 aliphatic carbocycles. The van der Waals surface area contributed by atoms with Gasteiger partial charge in [-0.05, 0) is 13.0 Å². The normalized spacial score (nSPS) is 23.4. The van der Waals surface area contributed by atoms with Crippen LogP contribution in [0.1, 0.15) is 29.4 Å². The van der Waals surface area contributed by atoms with Crippen LogP contribution in [0.4, 0.5) is 0 Å². The van der Waals surface area contributed by atoms with Gasteiger partial charge in [0.2, 0.25) is 5.88 Å². The molecular formula is C11H15N3OS. The quantitative estimate of drug-likeness (QED) is 0.840. The van der Waals surface area contributed by atoms with E-state index in [-0.39, 0.29) is 0 Å². The largest absolute Gasteiger partial charge is 0.481 e. The molecule has 3 rings (SSSR count). The summed E-state index contributed by atoms with van der Waals surface area (Å²) in [5.41, 5.74) is 2.38. The molecule has 0 radical (unpaired) electrons. The van der Waals surface area contributed by atoms with Crippen LogP contribution in [0, 0.1) is 0 Å². The molecule has 2 aliphatic rings. The van der Waals surface area contributed by atoms with E-state index in [1.807, 2.05) is 11.8 Å². The lowest BCUT2D eigenvalue weighted by molar-refractivity contribution is 0.389. The Morgan fingerprint density at radius 2 is 2.31 bits per heavy atom. The van der Waals surface area contributed by atoms with Gasteiger partial charge in [-0.3, -0.25) is 0 Å². The average Bonchev–Trinajstić information content (AvgIpc) is 2.97. The van der Waals surface area contributed by atoms with Crippen molar-refractivity contribution in [1.82, 2.24) is 15.3 Å². The van der Waals surface area contributed by atoms with E-state index < -0.39 is 0 Å². The second-order valence-electron chi connectivity index (χ2n) is 4.20. The third kappa shape index (κ3) is 1.68. The predicted molar refractivity (Wildman–Crippen MR) is 63.8 cm³/mol. The molecule has 2 aliphatic heterocycles. The molecule has 86 valence electrons. The van der Waals surface area contributed by atoms with Crippen LogP contribution in [0.25, 0.3) is 0 Å². The molecule has 16 heavy (non-hydrogen) atoms. The third-order valence-electron chi connectivity index (χ3n) is 3.18. The Kier molecular flexibility index (Phi) is 2.73. The number of aromatic nitrogens is 2. The third-order valence-corrected chi connectivity index (χ3v) is 4.15. The van der Waals surface area contributed by atoms with Crippen molar-refractivity contribution < 1.29 is 4.74 Å². The first-order valence-corrected chi connectivity index (χ1v) is 6.76. The number of rotatable bonds is 2. The number of fused-ring (bicyclic) bond motifs is 1. The zero-order valence-electron chi connectivity index (χ0n) is 9.32. The molecule has 1 aromatic heterocycles. The Labute approximate surface area is 99.2 Å². The molecule has 1 atom stereocenters. The van der Waals surface area contributed by atoms with Gasteiger partial charge in [-0.15, -0.1) is 0 Å². The van der Waals surface area contributed by atoms with Crippen LogP contribution in [0.15, 0.2) is 0 Å². The molecule has 1 saturated heterocycles. The Hall–Kier alpha value is -0.810. The van der Waals surface area contributed by atoms with Gasteiger partial charge >= 0.3 is 0 Å².